The topological polar surface area (TPSA) is 41.1 Å². The first-order valence-electron chi connectivity index (χ1n) is 6.92. The molecule has 0 spiro atoms. The Balaban J connectivity index is 1.65. The van der Waals surface area contributed by atoms with E-state index in [4.69, 9.17) is 0 Å². The summed E-state index contributed by atoms with van der Waals surface area (Å²) in [5.41, 5.74) is 1.36. The fraction of sp³-hybridized carbons (Fsp3) is 0.643. The lowest BCUT2D eigenvalue weighted by atomic mass is 9.92. The van der Waals surface area contributed by atoms with Gasteiger partial charge in [-0.15, -0.1) is 11.3 Å². The summed E-state index contributed by atoms with van der Waals surface area (Å²) in [5, 5.41) is 8.72. The highest BCUT2D eigenvalue weighted by molar-refractivity contribution is 7.10. The lowest BCUT2D eigenvalue weighted by Crippen LogP contribution is -2.42. The quantitative estimate of drug-likeness (QED) is 0.860. The summed E-state index contributed by atoms with van der Waals surface area (Å²) in [6.07, 6.45) is 5.62. The predicted octanol–water partition coefficient (Wildman–Crippen LogP) is 2.24. The van der Waals surface area contributed by atoms with E-state index in [-0.39, 0.29) is 17.9 Å². The van der Waals surface area contributed by atoms with Gasteiger partial charge in [0.1, 0.15) is 0 Å². The molecule has 1 fully saturated rings. The Morgan fingerprint density at radius 2 is 2.33 bits per heavy atom. The van der Waals surface area contributed by atoms with Crippen LogP contribution in [0.1, 0.15) is 42.2 Å². The van der Waals surface area contributed by atoms with Gasteiger partial charge in [-0.2, -0.15) is 0 Å². The number of carbonyl (C=O) groups is 1. The number of fused-ring (bicyclic) bond motifs is 1. The number of aryl methyl sites for hydroxylation is 1. The molecule has 0 radical (unpaired) electrons. The van der Waals surface area contributed by atoms with Crippen LogP contribution in [0.4, 0.5) is 0 Å². The van der Waals surface area contributed by atoms with E-state index in [0.717, 1.165) is 32.4 Å². The molecule has 1 aliphatic heterocycles. The van der Waals surface area contributed by atoms with Gasteiger partial charge in [0.2, 0.25) is 5.91 Å². The zero-order chi connectivity index (χ0) is 12.4. The molecule has 1 saturated heterocycles. The van der Waals surface area contributed by atoms with Gasteiger partial charge in [0.05, 0.1) is 12.0 Å². The molecule has 1 amide bonds. The summed E-state index contributed by atoms with van der Waals surface area (Å²) in [5.74, 6) is 0.411. The van der Waals surface area contributed by atoms with Gasteiger partial charge in [-0.3, -0.25) is 4.79 Å². The maximum absolute atomic E-state index is 12.3. The van der Waals surface area contributed by atoms with Crippen LogP contribution in [0.25, 0.3) is 0 Å². The second-order valence-electron chi connectivity index (χ2n) is 5.30. The van der Waals surface area contributed by atoms with E-state index in [9.17, 15) is 4.79 Å². The zero-order valence-corrected chi connectivity index (χ0v) is 11.4. The summed E-state index contributed by atoms with van der Waals surface area (Å²) in [6.45, 7) is 1.90. The lowest BCUT2D eigenvalue weighted by Gasteiger charge is -2.28. The van der Waals surface area contributed by atoms with Gasteiger partial charge in [0.25, 0.3) is 0 Å². The van der Waals surface area contributed by atoms with Crippen molar-refractivity contribution in [1.29, 1.82) is 0 Å². The first kappa shape index (κ1) is 12.2. The van der Waals surface area contributed by atoms with Gasteiger partial charge in [-0.25, -0.2) is 0 Å². The molecule has 1 aromatic heterocycles. The summed E-state index contributed by atoms with van der Waals surface area (Å²) in [6, 6.07) is 2.44. The van der Waals surface area contributed by atoms with E-state index in [1.807, 2.05) is 11.3 Å². The first-order chi connectivity index (χ1) is 8.84. The maximum atomic E-state index is 12.3. The Bertz CT molecular complexity index is 423. The molecule has 4 heteroatoms. The van der Waals surface area contributed by atoms with Gasteiger partial charge >= 0.3 is 0 Å². The second kappa shape index (κ2) is 5.41. The van der Waals surface area contributed by atoms with E-state index in [0.29, 0.717) is 0 Å². The van der Waals surface area contributed by atoms with Crippen molar-refractivity contribution in [2.75, 3.05) is 13.1 Å². The summed E-state index contributed by atoms with van der Waals surface area (Å²) in [4.78, 5) is 13.7. The van der Waals surface area contributed by atoms with Crippen molar-refractivity contribution in [2.45, 2.75) is 38.1 Å². The number of amides is 1. The Hall–Kier alpha value is -0.870. The Kier molecular flexibility index (Phi) is 3.66. The zero-order valence-electron chi connectivity index (χ0n) is 10.6. The van der Waals surface area contributed by atoms with Crippen molar-refractivity contribution in [3.8, 4) is 0 Å². The van der Waals surface area contributed by atoms with E-state index in [2.05, 4.69) is 22.1 Å². The van der Waals surface area contributed by atoms with Gasteiger partial charge in [0, 0.05) is 11.4 Å². The number of carbonyl (C=O) groups excluding carboxylic acids is 1. The largest absolute Gasteiger partial charge is 0.349 e. The highest BCUT2D eigenvalue weighted by Crippen LogP contribution is 2.33. The number of piperidine rings is 1. The number of hydrogen-bond donors (Lipinski definition) is 2. The minimum Gasteiger partial charge on any atom is -0.349 e. The van der Waals surface area contributed by atoms with Crippen LogP contribution in [0.2, 0.25) is 0 Å². The van der Waals surface area contributed by atoms with Crippen molar-refractivity contribution in [2.24, 2.45) is 5.92 Å². The highest BCUT2D eigenvalue weighted by atomic mass is 32.1. The molecule has 2 atom stereocenters. The van der Waals surface area contributed by atoms with Crippen LogP contribution < -0.4 is 10.6 Å². The van der Waals surface area contributed by atoms with Crippen LogP contribution in [-0.2, 0) is 11.2 Å². The van der Waals surface area contributed by atoms with E-state index in [1.165, 1.54) is 23.3 Å². The molecule has 1 aromatic rings. The molecule has 1 aliphatic carbocycles. The lowest BCUT2D eigenvalue weighted by molar-refractivity contribution is -0.126. The van der Waals surface area contributed by atoms with Crippen molar-refractivity contribution in [3.05, 3.63) is 21.9 Å². The summed E-state index contributed by atoms with van der Waals surface area (Å²) in [7, 11) is 0. The van der Waals surface area contributed by atoms with Crippen molar-refractivity contribution in [1.82, 2.24) is 10.6 Å². The average Bonchev–Trinajstić information content (AvgIpc) is 2.89. The molecular formula is C14H20N2OS. The summed E-state index contributed by atoms with van der Waals surface area (Å²) >= 11 is 1.83. The molecular weight excluding hydrogens is 244 g/mol. The number of thiophene rings is 1. The highest BCUT2D eigenvalue weighted by Gasteiger charge is 2.26. The first-order valence-corrected chi connectivity index (χ1v) is 7.80. The fourth-order valence-corrected chi connectivity index (χ4v) is 3.99. The molecule has 3 rings (SSSR count). The molecule has 0 aromatic carbocycles. The molecule has 98 valence electrons. The van der Waals surface area contributed by atoms with Crippen LogP contribution in [0, 0.1) is 5.92 Å². The number of hydrogen-bond acceptors (Lipinski definition) is 3. The van der Waals surface area contributed by atoms with Crippen LogP contribution in [0.15, 0.2) is 11.4 Å². The van der Waals surface area contributed by atoms with Gasteiger partial charge in [0.15, 0.2) is 0 Å². The molecule has 2 aliphatic rings. The van der Waals surface area contributed by atoms with Crippen LogP contribution >= 0.6 is 11.3 Å². The van der Waals surface area contributed by atoms with Gasteiger partial charge < -0.3 is 10.6 Å². The minimum atomic E-state index is 0.169. The summed E-state index contributed by atoms with van der Waals surface area (Å²) < 4.78 is 0. The Morgan fingerprint density at radius 1 is 1.39 bits per heavy atom. The van der Waals surface area contributed by atoms with Crippen molar-refractivity contribution < 1.29 is 4.79 Å². The molecule has 3 nitrogen and oxygen atoms in total. The number of nitrogens with one attached hydrogen (secondary N) is 2. The monoisotopic (exact) mass is 264 g/mol. The molecule has 1 unspecified atom stereocenters. The average molecular weight is 264 g/mol. The van der Waals surface area contributed by atoms with Crippen LogP contribution in [-0.4, -0.2) is 19.0 Å². The Morgan fingerprint density at radius 3 is 3.17 bits per heavy atom. The third-order valence-electron chi connectivity index (χ3n) is 4.04. The second-order valence-corrected chi connectivity index (χ2v) is 6.30. The molecule has 2 heterocycles. The molecule has 0 bridgehead atoms. The maximum Gasteiger partial charge on any atom is 0.224 e. The van der Waals surface area contributed by atoms with Gasteiger partial charge in [-0.05, 0) is 55.7 Å². The van der Waals surface area contributed by atoms with E-state index >= 15 is 0 Å². The smallest absolute Gasteiger partial charge is 0.224 e. The van der Waals surface area contributed by atoms with Crippen LogP contribution in [0.5, 0.6) is 0 Å². The van der Waals surface area contributed by atoms with Crippen molar-refractivity contribution >= 4 is 17.2 Å². The molecule has 0 saturated carbocycles. The van der Waals surface area contributed by atoms with Gasteiger partial charge in [-0.1, -0.05) is 0 Å². The predicted molar refractivity (Wildman–Crippen MR) is 73.7 cm³/mol. The SMILES string of the molecule is O=C(NC1CCCc2sccc21)[C@@H]1CCCNC1. The standard InChI is InChI=1S/C14H20N2OS/c17-14(10-3-2-7-15-9-10)16-12-4-1-5-13-11(12)6-8-18-13/h6,8,10,12,15H,1-5,7,9H2,(H,16,17)/t10-,12?/m1/s1. The van der Waals surface area contributed by atoms with E-state index in [1.54, 1.807) is 0 Å². The van der Waals surface area contributed by atoms with Crippen LogP contribution in [0.3, 0.4) is 0 Å². The molecule has 18 heavy (non-hydrogen) atoms. The molecule has 2 N–H and O–H groups in total. The third-order valence-corrected chi connectivity index (χ3v) is 5.03. The van der Waals surface area contributed by atoms with Crippen molar-refractivity contribution in [3.63, 3.8) is 0 Å². The Labute approximate surface area is 112 Å². The fourth-order valence-electron chi connectivity index (χ4n) is 3.00. The third kappa shape index (κ3) is 2.45. The normalized spacial score (nSPS) is 27.6. The number of rotatable bonds is 2. The van der Waals surface area contributed by atoms with E-state index < -0.39 is 0 Å². The minimum absolute atomic E-state index is 0.169.